The molecule has 5 rings (SSSR count). The molecule has 1 aliphatic carbocycles. The van der Waals surface area contributed by atoms with Crippen molar-refractivity contribution in [3.05, 3.63) is 42.0 Å². The molecule has 1 saturated heterocycles. The van der Waals surface area contributed by atoms with Crippen molar-refractivity contribution in [1.29, 1.82) is 0 Å². The summed E-state index contributed by atoms with van der Waals surface area (Å²) in [6.07, 6.45) is 5.41. The average molecular weight is 490 g/mol. The van der Waals surface area contributed by atoms with Gasteiger partial charge in [-0.1, -0.05) is 13.0 Å². The Morgan fingerprint density at radius 2 is 1.92 bits per heavy atom. The van der Waals surface area contributed by atoms with Crippen LogP contribution < -0.4 is 11.1 Å². The van der Waals surface area contributed by atoms with E-state index in [9.17, 15) is 14.4 Å². The Morgan fingerprint density at radius 3 is 2.61 bits per heavy atom. The van der Waals surface area contributed by atoms with E-state index < -0.39 is 11.6 Å². The topological polar surface area (TPSA) is 143 Å². The molecule has 36 heavy (non-hydrogen) atoms. The highest BCUT2D eigenvalue weighted by molar-refractivity contribution is 5.97. The number of amides is 2. The second kappa shape index (κ2) is 8.85. The van der Waals surface area contributed by atoms with Crippen LogP contribution in [0.1, 0.15) is 50.9 Å². The van der Waals surface area contributed by atoms with Gasteiger partial charge in [-0.15, -0.1) is 0 Å². The maximum Gasteiger partial charge on any atom is 0.242 e. The lowest BCUT2D eigenvalue weighted by Gasteiger charge is -2.30. The Hall–Kier alpha value is -3.53. The molecule has 2 aromatic rings. The van der Waals surface area contributed by atoms with Gasteiger partial charge < -0.3 is 16.0 Å². The third-order valence-corrected chi connectivity index (χ3v) is 7.78. The maximum atomic E-state index is 13.8. The van der Waals surface area contributed by atoms with Crippen LogP contribution in [-0.2, 0) is 19.9 Å². The number of likely N-dealkylation sites (tertiary alicyclic amines) is 1. The molecule has 2 amide bonds. The molecule has 1 aromatic heterocycles. The van der Waals surface area contributed by atoms with Crippen LogP contribution in [0.5, 0.6) is 0 Å². The minimum atomic E-state index is -1.43. The first kappa shape index (κ1) is 24.2. The number of nitrogens with two attached hydrogens (primary N) is 1. The number of nitrogens with zero attached hydrogens (tertiary/aromatic N) is 5. The predicted molar refractivity (Wildman–Crippen MR) is 132 cm³/mol. The van der Waals surface area contributed by atoms with E-state index in [1.807, 2.05) is 19.1 Å². The SMILES string of the molecule is CC(=O)C1(CC(=O)N2[C@H](C(=O)NCCCN)C[C@@]3(C)C[C@@H]23)N=Nc2ccc(-c3cnc(C)nc3)cc21. The van der Waals surface area contributed by atoms with Crippen LogP contribution in [-0.4, -0.2) is 57.6 Å². The molecule has 3 aliphatic rings. The fourth-order valence-electron chi connectivity index (χ4n) is 5.49. The van der Waals surface area contributed by atoms with Gasteiger partial charge in [0.2, 0.25) is 11.8 Å². The fraction of sp³-hybridized carbons (Fsp3) is 0.500. The van der Waals surface area contributed by atoms with E-state index in [0.717, 1.165) is 17.5 Å². The number of aromatic nitrogens is 2. The van der Waals surface area contributed by atoms with Crippen molar-refractivity contribution in [3.8, 4) is 11.1 Å². The summed E-state index contributed by atoms with van der Waals surface area (Å²) in [6.45, 7) is 6.30. The number of benzene rings is 1. The van der Waals surface area contributed by atoms with Crippen LogP contribution in [0.25, 0.3) is 11.1 Å². The van der Waals surface area contributed by atoms with Crippen molar-refractivity contribution in [2.24, 2.45) is 21.4 Å². The molecule has 188 valence electrons. The standard InChI is InChI=1S/C26H31N7O3/c1-15(34)26(19-9-17(5-6-20(19)31-32-26)18-13-29-16(2)30-14-18)12-23(35)33-21(10-25(3)11-22(25)33)24(36)28-8-4-7-27/h5-6,9,13-14,21-22H,4,7-8,10-12,27H2,1-3H3,(H,28,36)/t21-,22+,25-,26?/m0/s1. The van der Waals surface area contributed by atoms with E-state index in [1.54, 1.807) is 23.4 Å². The first-order valence-corrected chi connectivity index (χ1v) is 12.3. The Bertz CT molecular complexity index is 1260. The van der Waals surface area contributed by atoms with Gasteiger partial charge in [-0.25, -0.2) is 9.97 Å². The van der Waals surface area contributed by atoms with Crippen molar-refractivity contribution < 1.29 is 14.4 Å². The largest absolute Gasteiger partial charge is 0.354 e. The van der Waals surface area contributed by atoms with E-state index in [1.165, 1.54) is 6.92 Å². The summed E-state index contributed by atoms with van der Waals surface area (Å²) in [5.41, 5.74) is 6.80. The molecule has 1 saturated carbocycles. The molecule has 2 fully saturated rings. The molecule has 10 nitrogen and oxygen atoms in total. The van der Waals surface area contributed by atoms with E-state index in [0.29, 0.717) is 43.0 Å². The molecular weight excluding hydrogens is 458 g/mol. The number of hydrogen-bond acceptors (Lipinski definition) is 8. The highest BCUT2D eigenvalue weighted by Gasteiger charge is 2.65. The monoisotopic (exact) mass is 489 g/mol. The summed E-state index contributed by atoms with van der Waals surface area (Å²) in [5.74, 6) is -0.0336. The van der Waals surface area contributed by atoms with Gasteiger partial charge in [0, 0.05) is 36.1 Å². The molecule has 0 radical (unpaired) electrons. The number of hydrogen-bond donors (Lipinski definition) is 2. The second-order valence-corrected chi connectivity index (χ2v) is 10.4. The predicted octanol–water partition coefficient (Wildman–Crippen LogP) is 2.57. The maximum absolute atomic E-state index is 13.8. The van der Waals surface area contributed by atoms with Gasteiger partial charge in [0.25, 0.3) is 0 Å². The third-order valence-electron chi connectivity index (χ3n) is 7.78. The normalized spacial score (nSPS) is 27.5. The van der Waals surface area contributed by atoms with Crippen molar-refractivity contribution >= 4 is 23.3 Å². The van der Waals surface area contributed by atoms with Gasteiger partial charge in [-0.05, 0) is 62.8 Å². The van der Waals surface area contributed by atoms with Crippen molar-refractivity contribution in [2.75, 3.05) is 13.1 Å². The molecule has 10 heteroatoms. The van der Waals surface area contributed by atoms with Crippen molar-refractivity contribution in [1.82, 2.24) is 20.2 Å². The fourth-order valence-corrected chi connectivity index (χ4v) is 5.49. The molecule has 1 unspecified atom stereocenters. The van der Waals surface area contributed by atoms with E-state index >= 15 is 0 Å². The van der Waals surface area contributed by atoms with Crippen LogP contribution in [0, 0.1) is 12.3 Å². The van der Waals surface area contributed by atoms with Gasteiger partial charge in [0.15, 0.2) is 11.3 Å². The highest BCUT2D eigenvalue weighted by atomic mass is 16.2. The van der Waals surface area contributed by atoms with Crippen molar-refractivity contribution in [2.45, 2.75) is 64.1 Å². The lowest BCUT2D eigenvalue weighted by molar-refractivity contribution is -0.142. The van der Waals surface area contributed by atoms with Gasteiger partial charge in [0.1, 0.15) is 11.9 Å². The van der Waals surface area contributed by atoms with Gasteiger partial charge >= 0.3 is 0 Å². The number of fused-ring (bicyclic) bond motifs is 2. The molecule has 2 aliphatic heterocycles. The summed E-state index contributed by atoms with van der Waals surface area (Å²) in [4.78, 5) is 50.0. The zero-order valence-corrected chi connectivity index (χ0v) is 20.8. The summed E-state index contributed by atoms with van der Waals surface area (Å²) in [5, 5.41) is 11.5. The van der Waals surface area contributed by atoms with E-state index in [-0.39, 0.29) is 35.5 Å². The van der Waals surface area contributed by atoms with E-state index in [4.69, 9.17) is 5.73 Å². The number of carbonyl (C=O) groups excluding carboxylic acids is 3. The van der Waals surface area contributed by atoms with Gasteiger partial charge in [0.05, 0.1) is 12.1 Å². The number of aryl methyl sites for hydroxylation is 1. The Kier molecular flexibility index (Phi) is 5.94. The quantitative estimate of drug-likeness (QED) is 0.546. The Balaban J connectivity index is 1.44. The number of azo groups is 1. The Morgan fingerprint density at radius 1 is 1.17 bits per heavy atom. The zero-order chi connectivity index (χ0) is 25.7. The first-order valence-electron chi connectivity index (χ1n) is 12.3. The van der Waals surface area contributed by atoms with Crippen LogP contribution in [0.15, 0.2) is 40.8 Å². The second-order valence-electron chi connectivity index (χ2n) is 10.4. The molecule has 0 bridgehead atoms. The first-order chi connectivity index (χ1) is 17.2. The average Bonchev–Trinajstić information content (AvgIpc) is 3.21. The van der Waals surface area contributed by atoms with Crippen LogP contribution >= 0.6 is 0 Å². The molecule has 0 spiro atoms. The highest BCUT2D eigenvalue weighted by Crippen LogP contribution is 2.59. The Labute approximate surface area is 209 Å². The summed E-state index contributed by atoms with van der Waals surface area (Å²) >= 11 is 0. The third kappa shape index (κ3) is 3.99. The number of ketones is 1. The molecule has 3 heterocycles. The van der Waals surface area contributed by atoms with E-state index in [2.05, 4.69) is 32.4 Å². The van der Waals surface area contributed by atoms with Crippen LogP contribution in [0.4, 0.5) is 5.69 Å². The molecule has 3 N–H and O–H groups in total. The minimum Gasteiger partial charge on any atom is -0.354 e. The molecule has 1 aromatic carbocycles. The van der Waals surface area contributed by atoms with Crippen LogP contribution in [0.2, 0.25) is 0 Å². The molecular formula is C26H31N7O3. The number of piperidine rings is 1. The van der Waals surface area contributed by atoms with Gasteiger partial charge in [-0.3, -0.25) is 14.4 Å². The summed E-state index contributed by atoms with van der Waals surface area (Å²) in [7, 11) is 0. The molecule has 4 atom stereocenters. The zero-order valence-electron chi connectivity index (χ0n) is 20.8. The van der Waals surface area contributed by atoms with Gasteiger partial charge in [-0.2, -0.15) is 10.2 Å². The summed E-state index contributed by atoms with van der Waals surface area (Å²) in [6, 6.07) is 4.96. The van der Waals surface area contributed by atoms with Crippen molar-refractivity contribution in [3.63, 3.8) is 0 Å². The lowest BCUT2D eigenvalue weighted by Crippen LogP contribution is -2.50. The number of carbonyl (C=O) groups is 3. The van der Waals surface area contributed by atoms with Crippen LogP contribution in [0.3, 0.4) is 0 Å². The summed E-state index contributed by atoms with van der Waals surface area (Å²) < 4.78 is 0. The minimum absolute atomic E-state index is 0.00637. The number of nitrogens with one attached hydrogen (secondary N) is 1. The smallest absolute Gasteiger partial charge is 0.242 e. The lowest BCUT2D eigenvalue weighted by atomic mass is 9.82. The number of Topliss-reactive ketones (excluding diaryl/α,β-unsaturated/α-hetero) is 1. The number of rotatable bonds is 8.